The number of nitrogens with two attached hydrogens (primary N) is 1. The molecule has 1 aromatic carbocycles. The Labute approximate surface area is 92.8 Å². The molecule has 0 aliphatic heterocycles. The van der Waals surface area contributed by atoms with Gasteiger partial charge in [0.25, 0.3) is 0 Å². The van der Waals surface area contributed by atoms with Crippen molar-refractivity contribution in [1.82, 2.24) is 0 Å². The smallest absolute Gasteiger partial charge is 0.0777 e. The highest BCUT2D eigenvalue weighted by Crippen LogP contribution is 2.10. The molecule has 3 N–H and O–H groups in total. The molecule has 3 nitrogen and oxygen atoms in total. The van der Waals surface area contributed by atoms with Crippen LogP contribution in [0.25, 0.3) is 0 Å². The molecule has 0 aliphatic rings. The van der Waals surface area contributed by atoms with Gasteiger partial charge in [-0.1, -0.05) is 24.3 Å². The van der Waals surface area contributed by atoms with Gasteiger partial charge in [0.2, 0.25) is 0 Å². The SMILES string of the molecule is Cc1ccccc1CS(=O)CC(O)CN. The van der Waals surface area contributed by atoms with Gasteiger partial charge >= 0.3 is 0 Å². The molecule has 0 spiro atoms. The van der Waals surface area contributed by atoms with E-state index in [1.165, 1.54) is 0 Å². The summed E-state index contributed by atoms with van der Waals surface area (Å²) in [4.78, 5) is 0. The summed E-state index contributed by atoms with van der Waals surface area (Å²) in [6.07, 6.45) is -0.658. The molecular weight excluding hydrogens is 210 g/mol. The third-order valence-electron chi connectivity index (χ3n) is 2.23. The molecule has 0 fully saturated rings. The summed E-state index contributed by atoms with van der Waals surface area (Å²) in [6.45, 7) is 2.16. The summed E-state index contributed by atoms with van der Waals surface area (Å²) in [5, 5.41) is 9.26. The van der Waals surface area contributed by atoms with Gasteiger partial charge in [-0.25, -0.2) is 0 Å². The lowest BCUT2D eigenvalue weighted by molar-refractivity contribution is 0.207. The van der Waals surface area contributed by atoms with E-state index in [0.717, 1.165) is 11.1 Å². The van der Waals surface area contributed by atoms with Crippen LogP contribution in [0.3, 0.4) is 0 Å². The molecule has 0 amide bonds. The maximum atomic E-state index is 11.6. The second-order valence-electron chi connectivity index (χ2n) is 3.57. The van der Waals surface area contributed by atoms with Gasteiger partial charge in [0.05, 0.1) is 11.9 Å². The molecule has 1 aromatic rings. The second-order valence-corrected chi connectivity index (χ2v) is 5.07. The van der Waals surface area contributed by atoms with Crippen LogP contribution in [0.4, 0.5) is 0 Å². The minimum absolute atomic E-state index is 0.166. The van der Waals surface area contributed by atoms with Crippen molar-refractivity contribution in [2.75, 3.05) is 12.3 Å². The van der Waals surface area contributed by atoms with Crippen LogP contribution in [-0.4, -0.2) is 27.7 Å². The lowest BCUT2D eigenvalue weighted by Crippen LogP contribution is -2.26. The van der Waals surface area contributed by atoms with Crippen molar-refractivity contribution >= 4 is 10.8 Å². The van der Waals surface area contributed by atoms with Gasteiger partial charge in [-0.15, -0.1) is 0 Å². The highest BCUT2D eigenvalue weighted by molar-refractivity contribution is 7.84. The topological polar surface area (TPSA) is 63.3 Å². The van der Waals surface area contributed by atoms with Crippen molar-refractivity contribution in [2.24, 2.45) is 5.73 Å². The van der Waals surface area contributed by atoms with Crippen molar-refractivity contribution in [3.8, 4) is 0 Å². The van der Waals surface area contributed by atoms with Crippen LogP contribution < -0.4 is 5.73 Å². The minimum Gasteiger partial charge on any atom is -0.391 e. The van der Waals surface area contributed by atoms with Crippen LogP contribution in [0.1, 0.15) is 11.1 Å². The Morgan fingerprint density at radius 3 is 2.73 bits per heavy atom. The average molecular weight is 227 g/mol. The first-order valence-electron chi connectivity index (χ1n) is 4.91. The predicted octanol–water partition coefficient (Wildman–Crippen LogP) is 0.563. The van der Waals surface area contributed by atoms with E-state index in [2.05, 4.69) is 0 Å². The van der Waals surface area contributed by atoms with E-state index in [1.54, 1.807) is 0 Å². The van der Waals surface area contributed by atoms with E-state index in [9.17, 15) is 9.32 Å². The van der Waals surface area contributed by atoms with Gasteiger partial charge in [-0.3, -0.25) is 4.21 Å². The lowest BCUT2D eigenvalue weighted by atomic mass is 10.1. The van der Waals surface area contributed by atoms with Crippen molar-refractivity contribution in [1.29, 1.82) is 0 Å². The van der Waals surface area contributed by atoms with Gasteiger partial charge in [0.15, 0.2) is 0 Å². The maximum absolute atomic E-state index is 11.6. The van der Waals surface area contributed by atoms with Crippen LogP contribution >= 0.6 is 0 Å². The molecule has 84 valence electrons. The predicted molar refractivity (Wildman–Crippen MR) is 63.0 cm³/mol. The highest BCUT2D eigenvalue weighted by atomic mass is 32.2. The molecule has 0 heterocycles. The third kappa shape index (κ3) is 4.11. The number of rotatable bonds is 5. The molecular formula is C11H17NO2S. The molecule has 2 atom stereocenters. The Hall–Kier alpha value is -0.710. The summed E-state index contributed by atoms with van der Waals surface area (Å²) < 4.78 is 11.6. The Balaban J connectivity index is 2.55. The van der Waals surface area contributed by atoms with E-state index in [-0.39, 0.29) is 12.3 Å². The summed E-state index contributed by atoms with van der Waals surface area (Å²) in [7, 11) is -1.04. The Kier molecular flexibility index (Phi) is 4.94. The number of aliphatic hydroxyl groups is 1. The fraction of sp³-hybridized carbons (Fsp3) is 0.455. The van der Waals surface area contributed by atoms with E-state index in [1.807, 2.05) is 31.2 Å². The van der Waals surface area contributed by atoms with E-state index < -0.39 is 16.9 Å². The Morgan fingerprint density at radius 2 is 2.13 bits per heavy atom. The number of hydrogen-bond donors (Lipinski definition) is 2. The van der Waals surface area contributed by atoms with Crippen molar-refractivity contribution in [3.05, 3.63) is 35.4 Å². The zero-order valence-electron chi connectivity index (χ0n) is 8.85. The van der Waals surface area contributed by atoms with Crippen molar-refractivity contribution < 1.29 is 9.32 Å². The van der Waals surface area contributed by atoms with Gasteiger partial charge in [-0.2, -0.15) is 0 Å². The van der Waals surface area contributed by atoms with Gasteiger partial charge in [0, 0.05) is 23.1 Å². The Bertz CT molecular complexity index is 341. The van der Waals surface area contributed by atoms with Gasteiger partial charge in [-0.05, 0) is 18.1 Å². The molecule has 4 heteroatoms. The van der Waals surface area contributed by atoms with Crippen LogP contribution in [0.5, 0.6) is 0 Å². The molecule has 0 aromatic heterocycles. The van der Waals surface area contributed by atoms with Crippen molar-refractivity contribution in [3.63, 3.8) is 0 Å². The molecule has 0 bridgehead atoms. The number of aliphatic hydroxyl groups excluding tert-OH is 1. The molecule has 0 aliphatic carbocycles. The number of hydrogen-bond acceptors (Lipinski definition) is 3. The summed E-state index contributed by atoms with van der Waals surface area (Å²) >= 11 is 0. The van der Waals surface area contributed by atoms with Crippen LogP contribution in [0, 0.1) is 6.92 Å². The monoisotopic (exact) mass is 227 g/mol. The molecule has 1 rings (SSSR count). The number of aryl methyl sites for hydroxylation is 1. The molecule has 2 unspecified atom stereocenters. The third-order valence-corrected chi connectivity index (χ3v) is 3.62. The highest BCUT2D eigenvalue weighted by Gasteiger charge is 2.09. The van der Waals surface area contributed by atoms with E-state index >= 15 is 0 Å². The zero-order valence-corrected chi connectivity index (χ0v) is 9.67. The first-order chi connectivity index (χ1) is 7.13. The fourth-order valence-corrected chi connectivity index (χ4v) is 2.64. The van der Waals surface area contributed by atoms with E-state index in [4.69, 9.17) is 5.73 Å². The minimum atomic E-state index is -1.04. The fourth-order valence-electron chi connectivity index (χ4n) is 1.29. The molecule has 0 radical (unpaired) electrons. The van der Waals surface area contributed by atoms with Gasteiger partial charge in [0.1, 0.15) is 0 Å². The quantitative estimate of drug-likeness (QED) is 0.772. The molecule has 15 heavy (non-hydrogen) atoms. The van der Waals surface area contributed by atoms with Crippen LogP contribution in [0.15, 0.2) is 24.3 Å². The summed E-state index contributed by atoms with van der Waals surface area (Å²) in [6, 6.07) is 7.84. The first kappa shape index (κ1) is 12.4. The average Bonchev–Trinajstić information content (AvgIpc) is 2.21. The van der Waals surface area contributed by atoms with Crippen LogP contribution in [-0.2, 0) is 16.6 Å². The molecule has 0 saturated carbocycles. The van der Waals surface area contributed by atoms with Crippen molar-refractivity contribution in [2.45, 2.75) is 18.8 Å². The summed E-state index contributed by atoms with van der Waals surface area (Å²) in [5.74, 6) is 0.745. The normalized spacial score (nSPS) is 14.9. The zero-order chi connectivity index (χ0) is 11.3. The number of benzene rings is 1. The largest absolute Gasteiger partial charge is 0.391 e. The lowest BCUT2D eigenvalue weighted by Gasteiger charge is -2.08. The van der Waals surface area contributed by atoms with Crippen LogP contribution in [0.2, 0.25) is 0 Å². The maximum Gasteiger partial charge on any atom is 0.0777 e. The standard InChI is InChI=1S/C11H17NO2S/c1-9-4-2-3-5-10(9)7-15(14)8-11(13)6-12/h2-5,11,13H,6-8,12H2,1H3. The van der Waals surface area contributed by atoms with Gasteiger partial charge < -0.3 is 10.8 Å². The summed E-state index contributed by atoms with van der Waals surface area (Å²) in [5.41, 5.74) is 7.46. The molecule has 0 saturated heterocycles. The first-order valence-corrected chi connectivity index (χ1v) is 6.40. The Morgan fingerprint density at radius 1 is 1.47 bits per heavy atom. The second kappa shape index (κ2) is 6.00. The van der Waals surface area contributed by atoms with E-state index in [0.29, 0.717) is 5.75 Å².